The Hall–Kier alpha value is -2.01. The van der Waals surface area contributed by atoms with Crippen molar-refractivity contribution in [1.29, 1.82) is 0 Å². The molecule has 0 atom stereocenters. The van der Waals surface area contributed by atoms with Crippen molar-refractivity contribution in [3.8, 4) is 11.5 Å². The Morgan fingerprint density at radius 1 is 1.29 bits per heavy atom. The molecule has 0 fully saturated rings. The zero-order valence-electron chi connectivity index (χ0n) is 8.88. The number of rotatable bonds is 3. The number of phenolic OH excluding ortho intramolecular Hbond substituents is 2. The van der Waals surface area contributed by atoms with E-state index in [0.717, 1.165) is 5.56 Å². The summed E-state index contributed by atoms with van der Waals surface area (Å²) in [7, 11) is 0. The van der Waals surface area contributed by atoms with Gasteiger partial charge in [0.15, 0.2) is 11.5 Å². The minimum atomic E-state index is -0.412. The second kappa shape index (κ2) is 4.88. The number of carbonyl (C=O) groups excluding carboxylic acids is 1. The molecular weight excluding hydrogens is 238 g/mol. The van der Waals surface area contributed by atoms with Gasteiger partial charge >= 0.3 is 0 Å². The van der Waals surface area contributed by atoms with E-state index in [1.807, 2.05) is 16.8 Å². The molecule has 0 aliphatic rings. The predicted molar refractivity (Wildman–Crippen MR) is 65.3 cm³/mol. The standard InChI is InChI=1S/C12H11NO3S/c14-10-3-1-2-9(11(10)15)12(16)13-6-8-4-5-17-7-8/h1-5,7,14-15H,6H2,(H,13,16). The fourth-order valence-corrected chi connectivity index (χ4v) is 2.05. The molecule has 0 radical (unpaired) electrons. The topological polar surface area (TPSA) is 69.6 Å². The summed E-state index contributed by atoms with van der Waals surface area (Å²) in [4.78, 5) is 11.7. The van der Waals surface area contributed by atoms with Crippen LogP contribution in [0.5, 0.6) is 11.5 Å². The molecular formula is C12H11NO3S. The van der Waals surface area contributed by atoms with Gasteiger partial charge in [-0.05, 0) is 34.5 Å². The molecule has 1 aromatic carbocycles. The van der Waals surface area contributed by atoms with E-state index in [4.69, 9.17) is 0 Å². The molecule has 3 N–H and O–H groups in total. The Bertz CT molecular complexity index is 523. The number of thiophene rings is 1. The molecule has 0 spiro atoms. The number of phenols is 2. The van der Waals surface area contributed by atoms with Crippen molar-refractivity contribution < 1.29 is 15.0 Å². The van der Waals surface area contributed by atoms with Gasteiger partial charge in [-0.15, -0.1) is 0 Å². The summed E-state index contributed by atoms with van der Waals surface area (Å²) >= 11 is 1.55. The molecule has 0 unspecified atom stereocenters. The summed E-state index contributed by atoms with van der Waals surface area (Å²) in [5, 5.41) is 25.3. The first kappa shape index (κ1) is 11.5. The maximum atomic E-state index is 11.7. The van der Waals surface area contributed by atoms with Crippen LogP contribution in [0.3, 0.4) is 0 Å². The molecule has 0 bridgehead atoms. The third-order valence-corrected chi connectivity index (χ3v) is 3.02. The number of para-hydroxylation sites is 1. The highest BCUT2D eigenvalue weighted by molar-refractivity contribution is 7.07. The molecule has 5 heteroatoms. The van der Waals surface area contributed by atoms with Crippen LogP contribution in [0.2, 0.25) is 0 Å². The summed E-state index contributed by atoms with van der Waals surface area (Å²) in [5.74, 6) is -1.10. The van der Waals surface area contributed by atoms with Gasteiger partial charge in [0, 0.05) is 6.54 Å². The molecule has 17 heavy (non-hydrogen) atoms. The van der Waals surface area contributed by atoms with E-state index in [1.54, 1.807) is 11.3 Å². The van der Waals surface area contributed by atoms with Gasteiger partial charge < -0.3 is 15.5 Å². The molecule has 0 aliphatic heterocycles. The summed E-state index contributed by atoms with van der Waals surface area (Å²) in [6.45, 7) is 0.400. The number of nitrogens with one attached hydrogen (secondary N) is 1. The lowest BCUT2D eigenvalue weighted by Crippen LogP contribution is -2.22. The molecule has 1 amide bonds. The Kier molecular flexibility index (Phi) is 3.30. The van der Waals surface area contributed by atoms with Gasteiger partial charge in [0.05, 0.1) is 5.56 Å². The van der Waals surface area contributed by atoms with Crippen LogP contribution in [0, 0.1) is 0 Å². The van der Waals surface area contributed by atoms with Gasteiger partial charge in [-0.2, -0.15) is 11.3 Å². The van der Waals surface area contributed by atoms with E-state index in [9.17, 15) is 15.0 Å². The Labute approximate surface area is 102 Å². The van der Waals surface area contributed by atoms with Crippen LogP contribution in [0.15, 0.2) is 35.0 Å². The first-order chi connectivity index (χ1) is 8.18. The summed E-state index contributed by atoms with van der Waals surface area (Å²) in [5.41, 5.74) is 1.07. The van der Waals surface area contributed by atoms with Crippen LogP contribution < -0.4 is 5.32 Å². The van der Waals surface area contributed by atoms with Gasteiger partial charge in [0.25, 0.3) is 5.91 Å². The largest absolute Gasteiger partial charge is 0.504 e. The molecule has 0 aliphatic carbocycles. The van der Waals surface area contributed by atoms with Gasteiger partial charge in [-0.25, -0.2) is 0 Å². The highest BCUT2D eigenvalue weighted by Crippen LogP contribution is 2.27. The molecule has 4 nitrogen and oxygen atoms in total. The van der Waals surface area contributed by atoms with Crippen LogP contribution >= 0.6 is 11.3 Å². The molecule has 0 saturated carbocycles. The van der Waals surface area contributed by atoms with Crippen molar-refractivity contribution in [3.05, 3.63) is 46.2 Å². The van der Waals surface area contributed by atoms with Crippen molar-refractivity contribution in [1.82, 2.24) is 5.32 Å². The van der Waals surface area contributed by atoms with E-state index >= 15 is 0 Å². The van der Waals surface area contributed by atoms with E-state index in [0.29, 0.717) is 6.54 Å². The second-order valence-electron chi connectivity index (χ2n) is 3.49. The number of benzene rings is 1. The normalized spacial score (nSPS) is 10.1. The molecule has 0 saturated heterocycles. The lowest BCUT2D eigenvalue weighted by molar-refractivity contribution is 0.0947. The number of hydrogen-bond acceptors (Lipinski definition) is 4. The van der Waals surface area contributed by atoms with Crippen molar-refractivity contribution in [2.75, 3.05) is 0 Å². The van der Waals surface area contributed by atoms with Crippen LogP contribution in [-0.4, -0.2) is 16.1 Å². The lowest BCUT2D eigenvalue weighted by Gasteiger charge is -2.06. The minimum Gasteiger partial charge on any atom is -0.504 e. The van der Waals surface area contributed by atoms with Crippen molar-refractivity contribution in [2.45, 2.75) is 6.54 Å². The predicted octanol–water partition coefficient (Wildman–Crippen LogP) is 2.09. The Balaban J connectivity index is 2.07. The van der Waals surface area contributed by atoms with E-state index in [2.05, 4.69) is 5.32 Å². The summed E-state index contributed by atoms with van der Waals surface area (Å²) < 4.78 is 0. The molecule has 1 aromatic heterocycles. The highest BCUT2D eigenvalue weighted by Gasteiger charge is 2.13. The van der Waals surface area contributed by atoms with Crippen LogP contribution in [0.25, 0.3) is 0 Å². The summed E-state index contributed by atoms with van der Waals surface area (Å²) in [6.07, 6.45) is 0. The monoisotopic (exact) mass is 249 g/mol. The number of aromatic hydroxyl groups is 2. The molecule has 88 valence electrons. The highest BCUT2D eigenvalue weighted by atomic mass is 32.1. The van der Waals surface area contributed by atoms with E-state index < -0.39 is 11.7 Å². The average Bonchev–Trinajstić information content (AvgIpc) is 2.82. The number of hydrogen-bond donors (Lipinski definition) is 3. The maximum absolute atomic E-state index is 11.7. The zero-order valence-corrected chi connectivity index (χ0v) is 9.70. The third-order valence-electron chi connectivity index (χ3n) is 2.29. The number of amides is 1. The molecule has 2 rings (SSSR count). The van der Waals surface area contributed by atoms with Crippen molar-refractivity contribution >= 4 is 17.2 Å². The quantitative estimate of drug-likeness (QED) is 0.729. The van der Waals surface area contributed by atoms with Crippen molar-refractivity contribution in [2.24, 2.45) is 0 Å². The Morgan fingerprint density at radius 3 is 2.82 bits per heavy atom. The third kappa shape index (κ3) is 2.57. The molecule has 1 heterocycles. The first-order valence-corrected chi connectivity index (χ1v) is 5.93. The SMILES string of the molecule is O=C(NCc1ccsc1)c1cccc(O)c1O. The average molecular weight is 249 g/mol. The van der Waals surface area contributed by atoms with Gasteiger partial charge in [0.2, 0.25) is 0 Å². The number of carbonyl (C=O) groups is 1. The smallest absolute Gasteiger partial charge is 0.255 e. The first-order valence-electron chi connectivity index (χ1n) is 4.98. The van der Waals surface area contributed by atoms with Gasteiger partial charge in [-0.3, -0.25) is 4.79 Å². The maximum Gasteiger partial charge on any atom is 0.255 e. The van der Waals surface area contributed by atoms with E-state index in [-0.39, 0.29) is 11.3 Å². The van der Waals surface area contributed by atoms with Gasteiger partial charge in [-0.1, -0.05) is 6.07 Å². The molecule has 2 aromatic rings. The zero-order chi connectivity index (χ0) is 12.3. The second-order valence-corrected chi connectivity index (χ2v) is 4.27. The van der Waals surface area contributed by atoms with Crippen LogP contribution in [0.4, 0.5) is 0 Å². The lowest BCUT2D eigenvalue weighted by atomic mass is 10.1. The fourth-order valence-electron chi connectivity index (χ4n) is 1.39. The van der Waals surface area contributed by atoms with Crippen LogP contribution in [-0.2, 0) is 6.54 Å². The van der Waals surface area contributed by atoms with Crippen molar-refractivity contribution in [3.63, 3.8) is 0 Å². The van der Waals surface area contributed by atoms with E-state index in [1.165, 1.54) is 18.2 Å². The summed E-state index contributed by atoms with van der Waals surface area (Å²) in [6, 6.07) is 6.20. The van der Waals surface area contributed by atoms with Gasteiger partial charge in [0.1, 0.15) is 0 Å². The van der Waals surface area contributed by atoms with Crippen LogP contribution in [0.1, 0.15) is 15.9 Å². The fraction of sp³-hybridized carbons (Fsp3) is 0.0833. The minimum absolute atomic E-state index is 0.0697. The Morgan fingerprint density at radius 2 is 2.12 bits per heavy atom.